The van der Waals surface area contributed by atoms with Gasteiger partial charge in [-0.2, -0.15) is 0 Å². The van der Waals surface area contributed by atoms with Crippen molar-refractivity contribution in [1.82, 2.24) is 0 Å². The molecule has 2 N–H and O–H groups in total. The number of benzene rings is 1. The van der Waals surface area contributed by atoms with Crippen LogP contribution in [-0.4, -0.2) is 28.4 Å². The molecule has 1 aromatic carbocycles. The summed E-state index contributed by atoms with van der Waals surface area (Å²) in [4.78, 5) is 10.4. The van der Waals surface area contributed by atoms with E-state index in [1.165, 1.54) is 31.2 Å². The van der Waals surface area contributed by atoms with Gasteiger partial charge in [-0.25, -0.2) is 4.39 Å². The van der Waals surface area contributed by atoms with Gasteiger partial charge in [-0.1, -0.05) is 0 Å². The Kier molecular flexibility index (Phi) is 3.84. The minimum atomic E-state index is -1.44. The van der Waals surface area contributed by atoms with E-state index in [9.17, 15) is 14.3 Å². The molecule has 0 aliphatic rings. The van der Waals surface area contributed by atoms with Gasteiger partial charge in [0, 0.05) is 0 Å². The molecule has 0 saturated heterocycles. The van der Waals surface area contributed by atoms with Crippen molar-refractivity contribution in [3.63, 3.8) is 0 Å². The Hall–Kier alpha value is -1.62. The van der Waals surface area contributed by atoms with Crippen LogP contribution in [0.1, 0.15) is 13.3 Å². The van der Waals surface area contributed by atoms with E-state index in [0.29, 0.717) is 5.75 Å². The van der Waals surface area contributed by atoms with Gasteiger partial charge in [0.2, 0.25) is 0 Å². The van der Waals surface area contributed by atoms with Crippen molar-refractivity contribution in [3.8, 4) is 5.75 Å². The minimum absolute atomic E-state index is 0.162. The third kappa shape index (κ3) is 4.27. The van der Waals surface area contributed by atoms with Crippen molar-refractivity contribution in [3.05, 3.63) is 30.1 Å². The highest BCUT2D eigenvalue weighted by atomic mass is 19.1. The molecule has 0 bridgehead atoms. The fraction of sp³-hybridized carbons (Fsp3) is 0.364. The normalized spacial score (nSPS) is 14.2. The second-order valence-corrected chi connectivity index (χ2v) is 3.81. The molecule has 0 saturated carbocycles. The predicted octanol–water partition coefficient (Wildman–Crippen LogP) is 1.43. The maximum atomic E-state index is 12.6. The lowest BCUT2D eigenvalue weighted by atomic mass is 10.0. The Morgan fingerprint density at radius 2 is 2.00 bits per heavy atom. The fourth-order valence-electron chi connectivity index (χ4n) is 1.15. The molecule has 1 atom stereocenters. The quantitative estimate of drug-likeness (QED) is 0.800. The number of carboxylic acid groups (broad SMARTS) is 1. The SMILES string of the molecule is CC(O)(COc1ccc(F)cc1)CC(=O)O. The molecule has 0 fully saturated rings. The molecule has 5 heteroatoms. The van der Waals surface area contributed by atoms with Crippen molar-refractivity contribution in [2.75, 3.05) is 6.61 Å². The van der Waals surface area contributed by atoms with E-state index in [2.05, 4.69) is 0 Å². The Morgan fingerprint density at radius 1 is 1.44 bits per heavy atom. The van der Waals surface area contributed by atoms with E-state index in [1.54, 1.807) is 0 Å². The molecule has 4 nitrogen and oxygen atoms in total. The van der Waals surface area contributed by atoms with Gasteiger partial charge in [0.15, 0.2) is 0 Å². The molecule has 1 unspecified atom stereocenters. The van der Waals surface area contributed by atoms with Crippen molar-refractivity contribution >= 4 is 5.97 Å². The molecule has 0 spiro atoms. The van der Waals surface area contributed by atoms with Gasteiger partial charge >= 0.3 is 5.97 Å². The lowest BCUT2D eigenvalue weighted by molar-refractivity contribution is -0.143. The molecular formula is C11H13FO4. The Bertz CT molecular complexity index is 359. The number of ether oxygens (including phenoxy) is 1. The van der Waals surface area contributed by atoms with Crippen LogP contribution < -0.4 is 4.74 Å². The molecule has 88 valence electrons. The Morgan fingerprint density at radius 3 is 2.50 bits per heavy atom. The molecule has 16 heavy (non-hydrogen) atoms. The first-order valence-electron chi connectivity index (χ1n) is 4.72. The average molecular weight is 228 g/mol. The van der Waals surface area contributed by atoms with Crippen LogP contribution in [0.2, 0.25) is 0 Å². The summed E-state index contributed by atoms with van der Waals surface area (Å²) in [5, 5.41) is 18.1. The van der Waals surface area contributed by atoms with Crippen LogP contribution >= 0.6 is 0 Å². The van der Waals surface area contributed by atoms with Gasteiger partial charge in [-0.3, -0.25) is 4.79 Å². The summed E-state index contributed by atoms with van der Waals surface area (Å²) in [6.07, 6.45) is -0.409. The first kappa shape index (κ1) is 12.4. The summed E-state index contributed by atoms with van der Waals surface area (Å²) in [7, 11) is 0. The van der Waals surface area contributed by atoms with Crippen molar-refractivity contribution in [2.24, 2.45) is 0 Å². The Labute approximate surface area is 92.3 Å². The van der Waals surface area contributed by atoms with Crippen LogP contribution in [-0.2, 0) is 4.79 Å². The van der Waals surface area contributed by atoms with Gasteiger partial charge < -0.3 is 14.9 Å². The standard InChI is InChI=1S/C11H13FO4/c1-11(15,6-10(13)14)7-16-9-4-2-8(12)3-5-9/h2-5,15H,6-7H2,1H3,(H,13,14). The summed E-state index contributed by atoms with van der Waals surface area (Å²) in [6, 6.07) is 5.26. The van der Waals surface area contributed by atoms with E-state index in [-0.39, 0.29) is 12.4 Å². The highest BCUT2D eigenvalue weighted by molar-refractivity contribution is 5.68. The molecule has 0 aliphatic carbocycles. The van der Waals surface area contributed by atoms with E-state index in [0.717, 1.165) is 0 Å². The number of hydrogen-bond donors (Lipinski definition) is 2. The molecule has 0 radical (unpaired) electrons. The van der Waals surface area contributed by atoms with Crippen LogP contribution in [0.3, 0.4) is 0 Å². The van der Waals surface area contributed by atoms with Crippen molar-refractivity contribution in [1.29, 1.82) is 0 Å². The summed E-state index contributed by atoms with van der Waals surface area (Å²) >= 11 is 0. The zero-order valence-electron chi connectivity index (χ0n) is 8.81. The molecular weight excluding hydrogens is 215 g/mol. The predicted molar refractivity (Wildman–Crippen MR) is 54.8 cm³/mol. The molecule has 1 aromatic rings. The van der Waals surface area contributed by atoms with Crippen LogP contribution in [0, 0.1) is 5.82 Å². The number of rotatable bonds is 5. The number of aliphatic hydroxyl groups is 1. The monoisotopic (exact) mass is 228 g/mol. The number of carboxylic acids is 1. The smallest absolute Gasteiger partial charge is 0.306 e. The van der Waals surface area contributed by atoms with E-state index >= 15 is 0 Å². The lowest BCUT2D eigenvalue weighted by Crippen LogP contribution is -2.34. The number of carbonyl (C=O) groups is 1. The summed E-state index contributed by atoms with van der Waals surface area (Å²) in [6.45, 7) is 1.20. The van der Waals surface area contributed by atoms with Gasteiger partial charge in [0.05, 0.1) is 6.42 Å². The average Bonchev–Trinajstić information content (AvgIpc) is 2.15. The zero-order chi connectivity index (χ0) is 12.2. The first-order valence-corrected chi connectivity index (χ1v) is 4.72. The molecule has 1 rings (SSSR count). The van der Waals surface area contributed by atoms with E-state index in [1.807, 2.05) is 0 Å². The highest BCUT2D eigenvalue weighted by Crippen LogP contribution is 2.15. The van der Waals surface area contributed by atoms with Gasteiger partial charge in [-0.15, -0.1) is 0 Å². The van der Waals surface area contributed by atoms with Gasteiger partial charge in [0.1, 0.15) is 23.8 Å². The van der Waals surface area contributed by atoms with Crippen LogP contribution in [0.4, 0.5) is 4.39 Å². The molecule has 0 amide bonds. The van der Waals surface area contributed by atoms with E-state index in [4.69, 9.17) is 9.84 Å². The summed E-state index contributed by atoms with van der Waals surface area (Å²) in [5.74, 6) is -1.11. The second-order valence-electron chi connectivity index (χ2n) is 3.81. The fourth-order valence-corrected chi connectivity index (χ4v) is 1.15. The third-order valence-electron chi connectivity index (χ3n) is 1.90. The maximum absolute atomic E-state index is 12.6. The lowest BCUT2D eigenvalue weighted by Gasteiger charge is -2.21. The van der Waals surface area contributed by atoms with E-state index < -0.39 is 18.0 Å². The number of aliphatic carboxylic acids is 1. The largest absolute Gasteiger partial charge is 0.491 e. The minimum Gasteiger partial charge on any atom is -0.491 e. The van der Waals surface area contributed by atoms with Gasteiger partial charge in [-0.05, 0) is 31.2 Å². The third-order valence-corrected chi connectivity index (χ3v) is 1.90. The first-order chi connectivity index (χ1) is 7.39. The van der Waals surface area contributed by atoms with Crippen molar-refractivity contribution in [2.45, 2.75) is 18.9 Å². The number of hydrogen-bond acceptors (Lipinski definition) is 3. The summed E-state index contributed by atoms with van der Waals surface area (Å²) in [5.41, 5.74) is -1.44. The number of halogens is 1. The zero-order valence-corrected chi connectivity index (χ0v) is 8.81. The van der Waals surface area contributed by atoms with Crippen LogP contribution in [0.5, 0.6) is 5.75 Å². The van der Waals surface area contributed by atoms with Crippen LogP contribution in [0.15, 0.2) is 24.3 Å². The van der Waals surface area contributed by atoms with Gasteiger partial charge in [0.25, 0.3) is 0 Å². The molecule has 0 aromatic heterocycles. The van der Waals surface area contributed by atoms with Crippen LogP contribution in [0.25, 0.3) is 0 Å². The Balaban J connectivity index is 2.50. The molecule has 0 heterocycles. The summed E-state index contributed by atoms with van der Waals surface area (Å²) < 4.78 is 17.7. The highest BCUT2D eigenvalue weighted by Gasteiger charge is 2.25. The second kappa shape index (κ2) is 4.94. The molecule has 0 aliphatic heterocycles. The van der Waals surface area contributed by atoms with Crippen molar-refractivity contribution < 1.29 is 24.1 Å². The topological polar surface area (TPSA) is 66.8 Å². The maximum Gasteiger partial charge on any atom is 0.306 e.